The molecule has 0 atom stereocenters. The van der Waals surface area contributed by atoms with Gasteiger partial charge in [0.05, 0.1) is 18.8 Å². The van der Waals surface area contributed by atoms with E-state index in [0.717, 1.165) is 17.0 Å². The predicted octanol–water partition coefficient (Wildman–Crippen LogP) is 1.37. The van der Waals surface area contributed by atoms with Gasteiger partial charge in [-0.1, -0.05) is 0 Å². The topological polar surface area (TPSA) is 54.6 Å². The number of H-pyrrole nitrogens is 1. The van der Waals surface area contributed by atoms with Gasteiger partial charge < -0.3 is 19.4 Å². The zero-order valence-electron chi connectivity index (χ0n) is 11.6. The van der Waals surface area contributed by atoms with Crippen LogP contribution < -0.4 is 0 Å². The number of carbonyl (C=O) groups is 1. The molecule has 1 aromatic rings. The summed E-state index contributed by atoms with van der Waals surface area (Å²) < 4.78 is 10.1. The van der Waals surface area contributed by atoms with E-state index in [1.54, 1.807) is 19.1 Å². The fraction of sp³-hybridized carbons (Fsp3) is 0.615. The Bertz CT molecular complexity index is 380. The van der Waals surface area contributed by atoms with Crippen molar-refractivity contribution >= 4 is 5.91 Å². The molecule has 0 bridgehead atoms. The third-order valence-electron chi connectivity index (χ3n) is 2.80. The van der Waals surface area contributed by atoms with E-state index in [0.29, 0.717) is 26.3 Å². The maximum atomic E-state index is 12.4. The lowest BCUT2D eigenvalue weighted by molar-refractivity contribution is 0.0627. The standard InChI is InChI=1S/C13H22N2O3/c1-10-9-12(11(2)14-10)13(16)15(5-7-17-3)6-8-18-4/h9,14H,5-8H2,1-4H3. The molecule has 102 valence electrons. The first-order valence-corrected chi connectivity index (χ1v) is 6.03. The molecule has 0 saturated heterocycles. The van der Waals surface area contributed by atoms with Crippen molar-refractivity contribution in [3.63, 3.8) is 0 Å². The van der Waals surface area contributed by atoms with E-state index < -0.39 is 0 Å². The predicted molar refractivity (Wildman–Crippen MR) is 69.9 cm³/mol. The second-order valence-corrected chi connectivity index (χ2v) is 4.27. The lowest BCUT2D eigenvalue weighted by atomic mass is 10.2. The minimum absolute atomic E-state index is 0.0194. The van der Waals surface area contributed by atoms with E-state index in [4.69, 9.17) is 9.47 Å². The Labute approximate surface area is 108 Å². The highest BCUT2D eigenvalue weighted by molar-refractivity contribution is 5.95. The van der Waals surface area contributed by atoms with E-state index in [-0.39, 0.29) is 5.91 Å². The number of nitrogens with one attached hydrogen (secondary N) is 1. The van der Waals surface area contributed by atoms with Crippen LogP contribution >= 0.6 is 0 Å². The summed E-state index contributed by atoms with van der Waals surface area (Å²) in [6, 6.07) is 1.88. The molecule has 0 aliphatic heterocycles. The van der Waals surface area contributed by atoms with Crippen molar-refractivity contribution < 1.29 is 14.3 Å². The molecule has 0 fully saturated rings. The van der Waals surface area contributed by atoms with E-state index in [2.05, 4.69) is 4.98 Å². The Hall–Kier alpha value is -1.33. The van der Waals surface area contributed by atoms with Crippen LogP contribution in [0.15, 0.2) is 6.07 Å². The molecule has 0 radical (unpaired) electrons. The summed E-state index contributed by atoms with van der Waals surface area (Å²) in [5.74, 6) is 0.0194. The van der Waals surface area contributed by atoms with Crippen LogP contribution in [0.25, 0.3) is 0 Å². The quantitative estimate of drug-likeness (QED) is 0.799. The van der Waals surface area contributed by atoms with Crippen LogP contribution in [0, 0.1) is 13.8 Å². The average Bonchev–Trinajstić information content (AvgIpc) is 2.68. The monoisotopic (exact) mass is 254 g/mol. The Morgan fingerprint density at radius 2 is 1.78 bits per heavy atom. The van der Waals surface area contributed by atoms with Crippen LogP contribution in [0.4, 0.5) is 0 Å². The Balaban J connectivity index is 2.77. The summed E-state index contributed by atoms with van der Waals surface area (Å²) in [5, 5.41) is 0. The molecule has 0 saturated carbocycles. The van der Waals surface area contributed by atoms with Crippen LogP contribution in [0.3, 0.4) is 0 Å². The molecule has 0 aliphatic rings. The lowest BCUT2D eigenvalue weighted by Gasteiger charge is -2.21. The Kier molecular flexibility index (Phi) is 5.88. The third-order valence-corrected chi connectivity index (χ3v) is 2.80. The first-order chi connectivity index (χ1) is 8.60. The maximum absolute atomic E-state index is 12.4. The van der Waals surface area contributed by atoms with Crippen LogP contribution in [0.1, 0.15) is 21.7 Å². The van der Waals surface area contributed by atoms with Crippen LogP contribution in [0.2, 0.25) is 0 Å². The number of hydrogen-bond acceptors (Lipinski definition) is 3. The molecule has 0 unspecified atom stereocenters. The Morgan fingerprint density at radius 1 is 1.22 bits per heavy atom. The molecule has 1 heterocycles. The minimum atomic E-state index is 0.0194. The highest BCUT2D eigenvalue weighted by atomic mass is 16.5. The lowest BCUT2D eigenvalue weighted by Crippen LogP contribution is -2.36. The molecule has 18 heavy (non-hydrogen) atoms. The van der Waals surface area contributed by atoms with E-state index in [9.17, 15) is 4.79 Å². The highest BCUT2D eigenvalue weighted by Gasteiger charge is 2.18. The first kappa shape index (κ1) is 14.7. The molecule has 1 aromatic heterocycles. The van der Waals surface area contributed by atoms with Gasteiger partial charge in [0, 0.05) is 38.7 Å². The van der Waals surface area contributed by atoms with Crippen molar-refractivity contribution in [2.75, 3.05) is 40.5 Å². The van der Waals surface area contributed by atoms with Gasteiger partial charge in [-0.3, -0.25) is 4.79 Å². The molecule has 5 heteroatoms. The van der Waals surface area contributed by atoms with Gasteiger partial charge in [0.1, 0.15) is 0 Å². The van der Waals surface area contributed by atoms with Crippen molar-refractivity contribution in [1.82, 2.24) is 9.88 Å². The Morgan fingerprint density at radius 3 is 2.17 bits per heavy atom. The number of ether oxygens (including phenoxy) is 2. The summed E-state index contributed by atoms with van der Waals surface area (Å²) in [7, 11) is 3.26. The summed E-state index contributed by atoms with van der Waals surface area (Å²) in [6.45, 7) is 6.05. The van der Waals surface area contributed by atoms with Gasteiger partial charge >= 0.3 is 0 Å². The number of aromatic nitrogens is 1. The van der Waals surface area contributed by atoms with Crippen LogP contribution in [-0.4, -0.2) is 56.3 Å². The highest BCUT2D eigenvalue weighted by Crippen LogP contribution is 2.12. The number of aromatic amines is 1. The van der Waals surface area contributed by atoms with Crippen molar-refractivity contribution in [1.29, 1.82) is 0 Å². The zero-order valence-corrected chi connectivity index (χ0v) is 11.6. The maximum Gasteiger partial charge on any atom is 0.255 e. The molecule has 0 aromatic carbocycles. The van der Waals surface area contributed by atoms with Gasteiger partial charge in [-0.15, -0.1) is 0 Å². The van der Waals surface area contributed by atoms with Gasteiger partial charge in [-0.2, -0.15) is 0 Å². The van der Waals surface area contributed by atoms with Gasteiger partial charge in [-0.25, -0.2) is 0 Å². The van der Waals surface area contributed by atoms with Crippen molar-refractivity contribution in [3.05, 3.63) is 23.0 Å². The number of carbonyl (C=O) groups excluding carboxylic acids is 1. The normalized spacial score (nSPS) is 10.7. The number of amides is 1. The van der Waals surface area contributed by atoms with Gasteiger partial charge in [0.2, 0.25) is 0 Å². The van der Waals surface area contributed by atoms with E-state index >= 15 is 0 Å². The molecule has 0 aliphatic carbocycles. The van der Waals surface area contributed by atoms with Crippen molar-refractivity contribution in [3.8, 4) is 0 Å². The van der Waals surface area contributed by atoms with Crippen LogP contribution in [-0.2, 0) is 9.47 Å². The van der Waals surface area contributed by atoms with Crippen molar-refractivity contribution in [2.45, 2.75) is 13.8 Å². The second-order valence-electron chi connectivity index (χ2n) is 4.27. The number of aryl methyl sites for hydroxylation is 2. The summed E-state index contributed by atoms with van der Waals surface area (Å²) in [6.07, 6.45) is 0. The summed E-state index contributed by atoms with van der Waals surface area (Å²) in [5.41, 5.74) is 2.62. The number of rotatable bonds is 7. The van der Waals surface area contributed by atoms with Crippen molar-refractivity contribution in [2.24, 2.45) is 0 Å². The molecule has 1 N–H and O–H groups in total. The fourth-order valence-corrected chi connectivity index (χ4v) is 1.83. The van der Waals surface area contributed by atoms with E-state index in [1.807, 2.05) is 19.9 Å². The third kappa shape index (κ3) is 3.85. The summed E-state index contributed by atoms with van der Waals surface area (Å²) >= 11 is 0. The smallest absolute Gasteiger partial charge is 0.255 e. The summed E-state index contributed by atoms with van der Waals surface area (Å²) in [4.78, 5) is 17.3. The second kappa shape index (κ2) is 7.18. The van der Waals surface area contributed by atoms with Gasteiger partial charge in [0.15, 0.2) is 0 Å². The SMILES string of the molecule is COCCN(CCOC)C(=O)c1cc(C)[nH]c1C. The number of methoxy groups -OCH3 is 2. The first-order valence-electron chi connectivity index (χ1n) is 6.03. The molecule has 1 amide bonds. The molecular formula is C13H22N2O3. The average molecular weight is 254 g/mol. The van der Waals surface area contributed by atoms with Gasteiger partial charge in [0.25, 0.3) is 5.91 Å². The minimum Gasteiger partial charge on any atom is -0.383 e. The number of hydrogen-bond donors (Lipinski definition) is 1. The van der Waals surface area contributed by atoms with Gasteiger partial charge in [-0.05, 0) is 19.9 Å². The fourth-order valence-electron chi connectivity index (χ4n) is 1.83. The largest absolute Gasteiger partial charge is 0.383 e. The van der Waals surface area contributed by atoms with E-state index in [1.165, 1.54) is 0 Å². The molecule has 1 rings (SSSR count). The molecule has 0 spiro atoms. The van der Waals surface area contributed by atoms with Crippen LogP contribution in [0.5, 0.6) is 0 Å². The molecular weight excluding hydrogens is 232 g/mol. The zero-order chi connectivity index (χ0) is 13.5. The number of nitrogens with zero attached hydrogens (tertiary/aromatic N) is 1. The molecule has 5 nitrogen and oxygen atoms in total.